The van der Waals surface area contributed by atoms with Gasteiger partial charge in [0.15, 0.2) is 0 Å². The van der Waals surface area contributed by atoms with Crippen LogP contribution in [0.2, 0.25) is 10.0 Å². The molecule has 4 rings (SSSR count). The van der Waals surface area contributed by atoms with E-state index in [-0.39, 0.29) is 24.4 Å². The first kappa shape index (κ1) is 23.6. The summed E-state index contributed by atoms with van der Waals surface area (Å²) in [5.74, 6) is 0.797. The summed E-state index contributed by atoms with van der Waals surface area (Å²) in [5, 5.41) is 8.12. The molecule has 2 aromatic heterocycles. The lowest BCUT2D eigenvalue weighted by Gasteiger charge is -2.14. The fourth-order valence-corrected chi connectivity index (χ4v) is 6.21. The van der Waals surface area contributed by atoms with Gasteiger partial charge in [-0.15, -0.1) is 22.7 Å². The third-order valence-corrected chi connectivity index (χ3v) is 8.34. The van der Waals surface area contributed by atoms with Gasteiger partial charge in [0.2, 0.25) is 0 Å². The summed E-state index contributed by atoms with van der Waals surface area (Å²) >= 11 is 15.4. The topological polar surface area (TPSA) is 76.7 Å². The van der Waals surface area contributed by atoms with Crippen molar-refractivity contribution in [2.45, 2.75) is 13.0 Å². The molecule has 10 heteroatoms. The number of carbonyl (C=O) groups is 2. The van der Waals surface area contributed by atoms with Gasteiger partial charge < -0.3 is 20.1 Å². The van der Waals surface area contributed by atoms with Crippen molar-refractivity contribution in [2.75, 3.05) is 20.8 Å². The lowest BCUT2D eigenvalue weighted by Crippen LogP contribution is -2.41. The van der Waals surface area contributed by atoms with Crippen molar-refractivity contribution < 1.29 is 19.1 Å². The summed E-state index contributed by atoms with van der Waals surface area (Å²) in [4.78, 5) is 26.3. The molecule has 2 heterocycles. The monoisotopic (exact) mass is 522 g/mol. The van der Waals surface area contributed by atoms with Crippen LogP contribution in [0, 0.1) is 0 Å². The van der Waals surface area contributed by atoms with E-state index < -0.39 is 0 Å². The first-order chi connectivity index (χ1) is 15.8. The Balaban J connectivity index is 1.41. The number of thiophene rings is 2. The standard InChI is InChI=1S/C23H20Cl2N2O4S2/c1-11(27-23(29)21-19(25)15-7-5-13(31-3)9-17(15)33-21)10-26-22(28)20-18(24)14-6-4-12(30-2)8-16(14)32-20/h4-9,11H,10H2,1-3H3,(H,26,28)(H,27,29). The van der Waals surface area contributed by atoms with E-state index >= 15 is 0 Å². The number of hydrogen-bond donors (Lipinski definition) is 2. The largest absolute Gasteiger partial charge is 0.497 e. The maximum atomic E-state index is 12.8. The number of methoxy groups -OCH3 is 2. The number of benzene rings is 2. The number of ether oxygens (including phenoxy) is 2. The third-order valence-electron chi connectivity index (χ3n) is 5.03. The molecular weight excluding hydrogens is 503 g/mol. The van der Waals surface area contributed by atoms with E-state index in [1.165, 1.54) is 22.7 Å². The fourth-order valence-electron chi connectivity index (χ4n) is 3.30. The Morgan fingerprint density at radius 2 is 1.36 bits per heavy atom. The quantitative estimate of drug-likeness (QED) is 0.312. The molecule has 0 aliphatic rings. The van der Waals surface area contributed by atoms with Crippen molar-refractivity contribution in [1.29, 1.82) is 0 Å². The van der Waals surface area contributed by atoms with Crippen molar-refractivity contribution in [1.82, 2.24) is 10.6 Å². The molecular formula is C23H20Cl2N2O4S2. The molecule has 2 aromatic carbocycles. The zero-order valence-electron chi connectivity index (χ0n) is 18.0. The summed E-state index contributed by atoms with van der Waals surface area (Å²) in [6.45, 7) is 2.04. The molecule has 0 aliphatic heterocycles. The van der Waals surface area contributed by atoms with Gasteiger partial charge in [-0.2, -0.15) is 0 Å². The van der Waals surface area contributed by atoms with Crippen molar-refractivity contribution in [2.24, 2.45) is 0 Å². The zero-order chi connectivity index (χ0) is 23.7. The van der Waals surface area contributed by atoms with E-state index in [2.05, 4.69) is 10.6 Å². The molecule has 0 saturated heterocycles. The Bertz CT molecular complexity index is 1370. The number of rotatable bonds is 7. The second-order valence-electron chi connectivity index (χ2n) is 7.30. The van der Waals surface area contributed by atoms with Crippen LogP contribution in [-0.2, 0) is 0 Å². The van der Waals surface area contributed by atoms with E-state index in [1.807, 2.05) is 24.3 Å². The highest BCUT2D eigenvalue weighted by Gasteiger charge is 2.21. The number of nitrogens with one attached hydrogen (secondary N) is 2. The predicted octanol–water partition coefficient (Wildman–Crippen LogP) is 5.99. The third kappa shape index (κ3) is 4.75. The van der Waals surface area contributed by atoms with Gasteiger partial charge in [0.1, 0.15) is 21.3 Å². The second kappa shape index (κ2) is 9.77. The highest BCUT2D eigenvalue weighted by molar-refractivity contribution is 7.22. The van der Waals surface area contributed by atoms with E-state index in [0.717, 1.165) is 20.2 Å². The van der Waals surface area contributed by atoms with E-state index in [4.69, 9.17) is 32.7 Å². The molecule has 0 aliphatic carbocycles. The minimum atomic E-state index is -0.328. The van der Waals surface area contributed by atoms with Gasteiger partial charge in [-0.05, 0) is 43.3 Å². The summed E-state index contributed by atoms with van der Waals surface area (Å²) < 4.78 is 12.2. The van der Waals surface area contributed by atoms with Crippen LogP contribution < -0.4 is 20.1 Å². The lowest BCUT2D eigenvalue weighted by molar-refractivity contribution is 0.0916. The van der Waals surface area contributed by atoms with Gasteiger partial charge in [-0.25, -0.2) is 0 Å². The van der Waals surface area contributed by atoms with E-state index in [0.29, 0.717) is 31.3 Å². The summed E-state index contributed by atoms with van der Waals surface area (Å²) in [6.07, 6.45) is 0. The first-order valence-corrected chi connectivity index (χ1v) is 12.3. The van der Waals surface area contributed by atoms with E-state index in [1.54, 1.807) is 33.3 Å². The van der Waals surface area contributed by atoms with Crippen LogP contribution in [0.15, 0.2) is 36.4 Å². The van der Waals surface area contributed by atoms with Crippen molar-refractivity contribution in [3.8, 4) is 11.5 Å². The Hall–Kier alpha value is -2.52. The Labute approximate surface area is 208 Å². The van der Waals surface area contributed by atoms with Crippen LogP contribution in [0.3, 0.4) is 0 Å². The summed E-state index contributed by atoms with van der Waals surface area (Å²) in [6, 6.07) is 10.6. The van der Waals surface area contributed by atoms with Crippen molar-refractivity contribution >= 4 is 77.9 Å². The van der Waals surface area contributed by atoms with Crippen LogP contribution in [0.5, 0.6) is 11.5 Å². The maximum Gasteiger partial charge on any atom is 0.263 e. The lowest BCUT2D eigenvalue weighted by atomic mass is 10.2. The molecule has 33 heavy (non-hydrogen) atoms. The number of carbonyl (C=O) groups excluding carboxylic acids is 2. The zero-order valence-corrected chi connectivity index (χ0v) is 21.1. The normalized spacial score (nSPS) is 12.0. The summed E-state index contributed by atoms with van der Waals surface area (Å²) in [5.41, 5.74) is 0. The van der Waals surface area contributed by atoms with Crippen molar-refractivity contribution in [3.05, 3.63) is 56.2 Å². The average molecular weight is 523 g/mol. The first-order valence-electron chi connectivity index (χ1n) is 9.93. The van der Waals surface area contributed by atoms with Crippen LogP contribution in [0.4, 0.5) is 0 Å². The maximum absolute atomic E-state index is 12.8. The molecule has 0 saturated carbocycles. The number of amides is 2. The van der Waals surface area contributed by atoms with Gasteiger partial charge >= 0.3 is 0 Å². The summed E-state index contributed by atoms with van der Waals surface area (Å²) in [7, 11) is 3.17. The van der Waals surface area contributed by atoms with E-state index in [9.17, 15) is 9.59 Å². The number of hydrogen-bond acceptors (Lipinski definition) is 6. The predicted molar refractivity (Wildman–Crippen MR) is 136 cm³/mol. The van der Waals surface area contributed by atoms with Crippen LogP contribution >= 0.6 is 45.9 Å². The highest BCUT2D eigenvalue weighted by Crippen LogP contribution is 2.38. The molecule has 2 amide bonds. The smallest absolute Gasteiger partial charge is 0.263 e. The molecule has 0 bridgehead atoms. The van der Waals surface area contributed by atoms with Crippen molar-refractivity contribution in [3.63, 3.8) is 0 Å². The molecule has 1 atom stereocenters. The Morgan fingerprint density at radius 1 is 0.879 bits per heavy atom. The minimum Gasteiger partial charge on any atom is -0.497 e. The average Bonchev–Trinajstić information content (AvgIpc) is 3.33. The minimum absolute atomic E-state index is 0.231. The van der Waals surface area contributed by atoms with Crippen LogP contribution in [0.25, 0.3) is 20.2 Å². The molecule has 0 radical (unpaired) electrons. The highest BCUT2D eigenvalue weighted by atomic mass is 35.5. The van der Waals surface area contributed by atoms with Crippen LogP contribution in [-0.4, -0.2) is 38.6 Å². The SMILES string of the molecule is COc1ccc2c(Cl)c(C(=O)NCC(C)NC(=O)c3sc4cc(OC)ccc4c3Cl)sc2c1. The molecule has 172 valence electrons. The van der Waals surface area contributed by atoms with Gasteiger partial charge in [0.25, 0.3) is 11.8 Å². The molecule has 2 N–H and O–H groups in total. The van der Waals surface area contributed by atoms with Gasteiger partial charge in [0, 0.05) is 32.8 Å². The molecule has 1 unspecified atom stereocenters. The number of fused-ring (bicyclic) bond motifs is 2. The van der Waals surface area contributed by atoms with Gasteiger partial charge in [-0.1, -0.05) is 23.2 Å². The van der Waals surface area contributed by atoms with Crippen LogP contribution in [0.1, 0.15) is 26.3 Å². The Morgan fingerprint density at radius 3 is 1.85 bits per heavy atom. The number of halogens is 2. The van der Waals surface area contributed by atoms with Gasteiger partial charge in [-0.3, -0.25) is 9.59 Å². The molecule has 0 spiro atoms. The molecule has 6 nitrogen and oxygen atoms in total. The van der Waals surface area contributed by atoms with Gasteiger partial charge in [0.05, 0.1) is 24.3 Å². The Kier molecular flexibility index (Phi) is 6.99. The molecule has 0 fully saturated rings. The fraction of sp³-hybridized carbons (Fsp3) is 0.217. The second-order valence-corrected chi connectivity index (χ2v) is 10.2. The molecule has 4 aromatic rings.